The van der Waals surface area contributed by atoms with Crippen molar-refractivity contribution in [2.75, 3.05) is 26.2 Å². The Morgan fingerprint density at radius 2 is 1.85 bits per heavy atom. The van der Waals surface area contributed by atoms with E-state index in [9.17, 15) is 0 Å². The Bertz CT molecular complexity index is 515. The number of thiazole rings is 1. The SMILES string of the molecule is CCn1nncc1CN1CCN(Cc2cncs2)CC1. The maximum absolute atomic E-state index is 4.14. The Balaban J connectivity index is 1.49. The highest BCUT2D eigenvalue weighted by atomic mass is 32.1. The minimum absolute atomic E-state index is 0.890. The molecule has 0 amide bonds. The van der Waals surface area contributed by atoms with Gasteiger partial charge in [0.15, 0.2) is 0 Å². The van der Waals surface area contributed by atoms with Crippen molar-refractivity contribution in [1.29, 1.82) is 0 Å². The maximum atomic E-state index is 4.14. The van der Waals surface area contributed by atoms with E-state index in [-0.39, 0.29) is 0 Å². The van der Waals surface area contributed by atoms with Crippen LogP contribution in [0.5, 0.6) is 0 Å². The minimum Gasteiger partial charge on any atom is -0.296 e. The van der Waals surface area contributed by atoms with E-state index in [1.807, 2.05) is 22.6 Å². The number of piperazine rings is 1. The molecule has 0 radical (unpaired) electrons. The van der Waals surface area contributed by atoms with Gasteiger partial charge in [0.2, 0.25) is 0 Å². The zero-order valence-corrected chi connectivity index (χ0v) is 12.6. The van der Waals surface area contributed by atoms with Crippen molar-refractivity contribution in [3.63, 3.8) is 0 Å². The summed E-state index contributed by atoms with van der Waals surface area (Å²) in [7, 11) is 0. The lowest BCUT2D eigenvalue weighted by atomic mass is 10.3. The first-order chi connectivity index (χ1) is 9.85. The summed E-state index contributed by atoms with van der Waals surface area (Å²) in [5.41, 5.74) is 3.12. The van der Waals surface area contributed by atoms with Crippen molar-refractivity contribution < 1.29 is 0 Å². The van der Waals surface area contributed by atoms with Gasteiger partial charge in [-0.3, -0.25) is 14.8 Å². The van der Waals surface area contributed by atoms with Gasteiger partial charge in [0, 0.05) is 56.9 Å². The van der Waals surface area contributed by atoms with Crippen LogP contribution in [0.15, 0.2) is 17.9 Å². The second kappa shape index (κ2) is 6.43. The molecule has 0 aromatic carbocycles. The van der Waals surface area contributed by atoms with Crippen LogP contribution in [0.3, 0.4) is 0 Å². The monoisotopic (exact) mass is 292 g/mol. The summed E-state index contributed by atoms with van der Waals surface area (Å²) in [6.45, 7) is 9.42. The topological polar surface area (TPSA) is 50.1 Å². The molecule has 0 bridgehead atoms. The van der Waals surface area contributed by atoms with Gasteiger partial charge in [0.05, 0.1) is 17.4 Å². The normalized spacial score (nSPS) is 17.6. The van der Waals surface area contributed by atoms with Gasteiger partial charge < -0.3 is 0 Å². The molecule has 2 aromatic rings. The summed E-state index contributed by atoms with van der Waals surface area (Å²) >= 11 is 1.74. The van der Waals surface area contributed by atoms with Crippen molar-refractivity contribution in [2.24, 2.45) is 0 Å². The van der Waals surface area contributed by atoms with Crippen molar-refractivity contribution in [3.8, 4) is 0 Å². The number of nitrogens with zero attached hydrogens (tertiary/aromatic N) is 6. The largest absolute Gasteiger partial charge is 0.296 e. The van der Waals surface area contributed by atoms with Gasteiger partial charge >= 0.3 is 0 Å². The average Bonchev–Trinajstić information content (AvgIpc) is 3.12. The third-order valence-electron chi connectivity index (χ3n) is 3.71. The predicted octanol–water partition coefficient (Wildman–Crippen LogP) is 1.07. The lowest BCUT2D eigenvalue weighted by Gasteiger charge is -2.34. The third-order valence-corrected chi connectivity index (χ3v) is 4.48. The fraction of sp³-hybridized carbons (Fsp3) is 0.615. The molecule has 1 fully saturated rings. The van der Waals surface area contributed by atoms with Gasteiger partial charge in [0.1, 0.15) is 0 Å². The molecule has 7 heteroatoms. The fourth-order valence-electron chi connectivity index (χ4n) is 2.54. The summed E-state index contributed by atoms with van der Waals surface area (Å²) in [5.74, 6) is 0. The van der Waals surface area contributed by atoms with Crippen molar-refractivity contribution >= 4 is 11.3 Å². The first-order valence-corrected chi connectivity index (χ1v) is 7.92. The zero-order valence-electron chi connectivity index (χ0n) is 11.8. The minimum atomic E-state index is 0.890. The Morgan fingerprint density at radius 3 is 2.50 bits per heavy atom. The lowest BCUT2D eigenvalue weighted by molar-refractivity contribution is 0.120. The molecule has 0 N–H and O–H groups in total. The number of hydrogen-bond acceptors (Lipinski definition) is 6. The highest BCUT2D eigenvalue weighted by molar-refractivity contribution is 7.09. The highest BCUT2D eigenvalue weighted by Gasteiger charge is 2.18. The second-order valence-electron chi connectivity index (χ2n) is 5.06. The molecule has 1 aliphatic heterocycles. The predicted molar refractivity (Wildman–Crippen MR) is 78.4 cm³/mol. The van der Waals surface area contributed by atoms with E-state index >= 15 is 0 Å². The van der Waals surface area contributed by atoms with Crippen molar-refractivity contribution in [3.05, 3.63) is 28.5 Å². The number of rotatable bonds is 5. The molecule has 0 saturated carbocycles. The van der Waals surface area contributed by atoms with Crippen LogP contribution in [0.1, 0.15) is 17.5 Å². The van der Waals surface area contributed by atoms with Gasteiger partial charge in [-0.05, 0) is 6.92 Å². The van der Waals surface area contributed by atoms with Crippen molar-refractivity contribution in [1.82, 2.24) is 29.8 Å². The molecule has 0 unspecified atom stereocenters. The fourth-order valence-corrected chi connectivity index (χ4v) is 3.18. The third kappa shape index (κ3) is 3.23. The quantitative estimate of drug-likeness (QED) is 0.825. The Hall–Kier alpha value is -1.31. The molecule has 3 heterocycles. The van der Waals surface area contributed by atoms with Gasteiger partial charge in [-0.1, -0.05) is 5.21 Å². The van der Waals surface area contributed by atoms with E-state index in [4.69, 9.17) is 0 Å². The molecule has 0 aliphatic carbocycles. The van der Waals surface area contributed by atoms with E-state index < -0.39 is 0 Å². The van der Waals surface area contributed by atoms with Crippen LogP contribution in [-0.2, 0) is 19.6 Å². The molecule has 1 saturated heterocycles. The van der Waals surface area contributed by atoms with E-state index in [1.54, 1.807) is 11.3 Å². The average molecular weight is 292 g/mol. The highest BCUT2D eigenvalue weighted by Crippen LogP contribution is 2.13. The van der Waals surface area contributed by atoms with Gasteiger partial charge in [0.25, 0.3) is 0 Å². The summed E-state index contributed by atoms with van der Waals surface area (Å²) < 4.78 is 1.98. The van der Waals surface area contributed by atoms with Crippen LogP contribution in [0, 0.1) is 0 Å². The molecular weight excluding hydrogens is 272 g/mol. The molecule has 6 nitrogen and oxygen atoms in total. The lowest BCUT2D eigenvalue weighted by Crippen LogP contribution is -2.45. The summed E-state index contributed by atoms with van der Waals surface area (Å²) in [6.07, 6.45) is 3.86. The molecule has 2 aromatic heterocycles. The molecule has 108 valence electrons. The van der Waals surface area contributed by atoms with Gasteiger partial charge in [-0.2, -0.15) is 0 Å². The van der Waals surface area contributed by atoms with Crippen LogP contribution < -0.4 is 0 Å². The first-order valence-electron chi connectivity index (χ1n) is 7.04. The molecule has 20 heavy (non-hydrogen) atoms. The summed E-state index contributed by atoms with van der Waals surface area (Å²) in [5, 5.41) is 8.08. The van der Waals surface area contributed by atoms with Crippen LogP contribution in [0.25, 0.3) is 0 Å². The van der Waals surface area contributed by atoms with Gasteiger partial charge in [-0.15, -0.1) is 16.4 Å². The smallest absolute Gasteiger partial charge is 0.0794 e. The maximum Gasteiger partial charge on any atom is 0.0794 e. The Morgan fingerprint density at radius 1 is 1.10 bits per heavy atom. The number of aromatic nitrogens is 4. The Kier molecular flexibility index (Phi) is 4.39. The second-order valence-corrected chi connectivity index (χ2v) is 6.03. The Labute approximate surface area is 123 Å². The van der Waals surface area contributed by atoms with Crippen molar-refractivity contribution in [2.45, 2.75) is 26.6 Å². The van der Waals surface area contributed by atoms with Gasteiger partial charge in [-0.25, -0.2) is 4.68 Å². The van der Waals surface area contributed by atoms with Crippen LogP contribution >= 0.6 is 11.3 Å². The molecular formula is C13H20N6S. The zero-order chi connectivity index (χ0) is 13.8. The molecule has 0 atom stereocenters. The summed E-state index contributed by atoms with van der Waals surface area (Å²) in [4.78, 5) is 10.5. The van der Waals surface area contributed by atoms with Crippen LogP contribution in [0.4, 0.5) is 0 Å². The van der Waals surface area contributed by atoms with Crippen LogP contribution in [-0.4, -0.2) is 56.0 Å². The standard InChI is InChI=1S/C13H20N6S/c1-2-19-12(7-15-16-19)9-17-3-5-18(6-4-17)10-13-8-14-11-20-13/h7-8,11H,2-6,9-10H2,1H3. The molecule has 0 spiro atoms. The van der Waals surface area contributed by atoms with E-state index in [2.05, 4.69) is 32.0 Å². The van der Waals surface area contributed by atoms with E-state index in [0.29, 0.717) is 0 Å². The van der Waals surface area contributed by atoms with E-state index in [0.717, 1.165) is 45.8 Å². The van der Waals surface area contributed by atoms with Crippen LogP contribution in [0.2, 0.25) is 0 Å². The number of aryl methyl sites for hydroxylation is 1. The molecule has 3 rings (SSSR count). The summed E-state index contributed by atoms with van der Waals surface area (Å²) in [6, 6.07) is 0. The molecule has 1 aliphatic rings. The number of hydrogen-bond donors (Lipinski definition) is 0. The van der Waals surface area contributed by atoms with E-state index in [1.165, 1.54) is 10.6 Å². The first kappa shape index (κ1) is 13.7.